The minimum absolute atomic E-state index is 0.120. The van der Waals surface area contributed by atoms with E-state index in [0.29, 0.717) is 105 Å². The van der Waals surface area contributed by atoms with Crippen LogP contribution in [0.15, 0.2) is 54.6 Å². The summed E-state index contributed by atoms with van der Waals surface area (Å²) in [7, 11) is 22.1. The molecular formula is C54H72N2O15+2. The summed E-state index contributed by atoms with van der Waals surface area (Å²) in [6, 6.07) is 13.7. The Balaban J connectivity index is 1.10. The van der Waals surface area contributed by atoms with Crippen molar-refractivity contribution in [3.8, 4) is 63.2 Å². The molecule has 386 valence electrons. The van der Waals surface area contributed by atoms with Crippen LogP contribution in [0.2, 0.25) is 0 Å². The zero-order valence-corrected chi connectivity index (χ0v) is 43.6. The first-order valence-electron chi connectivity index (χ1n) is 23.6. The lowest BCUT2D eigenvalue weighted by molar-refractivity contribution is -0.941. The highest BCUT2D eigenvalue weighted by atomic mass is 16.6. The zero-order valence-electron chi connectivity index (χ0n) is 43.6. The average Bonchev–Trinajstić information content (AvgIpc) is 3.39. The van der Waals surface area contributed by atoms with Gasteiger partial charge in [0.2, 0.25) is 17.2 Å². The summed E-state index contributed by atoms with van der Waals surface area (Å²) in [6.07, 6.45) is 5.47. The molecule has 71 heavy (non-hydrogen) atoms. The van der Waals surface area contributed by atoms with Gasteiger partial charge in [-0.25, -0.2) is 9.59 Å². The van der Waals surface area contributed by atoms with E-state index >= 15 is 0 Å². The molecule has 0 aliphatic carbocycles. The van der Waals surface area contributed by atoms with Crippen molar-refractivity contribution in [2.45, 2.75) is 44.2 Å². The van der Waals surface area contributed by atoms with Crippen LogP contribution in [0.1, 0.15) is 58.3 Å². The van der Waals surface area contributed by atoms with Gasteiger partial charge in [0, 0.05) is 55.4 Å². The summed E-state index contributed by atoms with van der Waals surface area (Å²) in [5.74, 6) is 4.97. The fourth-order valence-corrected chi connectivity index (χ4v) is 10.4. The van der Waals surface area contributed by atoms with Gasteiger partial charge in [-0.15, -0.1) is 0 Å². The number of methoxy groups -OCH3 is 11. The highest BCUT2D eigenvalue weighted by Crippen LogP contribution is 2.52. The van der Waals surface area contributed by atoms with E-state index in [1.807, 2.05) is 42.5 Å². The van der Waals surface area contributed by atoms with Gasteiger partial charge in [-0.2, -0.15) is 0 Å². The lowest BCUT2D eigenvalue weighted by atomic mass is 9.85. The molecule has 6 rings (SSSR count). The molecular weight excluding hydrogens is 917 g/mol. The van der Waals surface area contributed by atoms with E-state index in [0.717, 1.165) is 71.5 Å². The fourth-order valence-electron chi connectivity index (χ4n) is 10.4. The van der Waals surface area contributed by atoms with Crippen molar-refractivity contribution in [1.82, 2.24) is 0 Å². The van der Waals surface area contributed by atoms with Crippen LogP contribution in [0.25, 0.3) is 0 Å². The predicted molar refractivity (Wildman–Crippen MR) is 266 cm³/mol. The smallest absolute Gasteiger partial charge is 0.331 e. The monoisotopic (exact) mass is 988 g/mol. The predicted octanol–water partition coefficient (Wildman–Crippen LogP) is 7.28. The van der Waals surface area contributed by atoms with Crippen LogP contribution in [0.4, 0.5) is 0 Å². The molecule has 0 bridgehead atoms. The molecule has 0 radical (unpaired) electrons. The van der Waals surface area contributed by atoms with E-state index in [9.17, 15) is 9.59 Å². The molecule has 4 aromatic rings. The third-order valence-corrected chi connectivity index (χ3v) is 14.0. The quantitative estimate of drug-likeness (QED) is 0.0299. The van der Waals surface area contributed by atoms with Crippen LogP contribution < -0.4 is 52.1 Å². The van der Waals surface area contributed by atoms with Crippen LogP contribution in [0.3, 0.4) is 0 Å². The Bertz CT molecular complexity index is 2490. The number of esters is 2. The summed E-state index contributed by atoms with van der Waals surface area (Å²) in [6.45, 7) is 3.20. The minimum Gasteiger partial charge on any atom is -0.493 e. The van der Waals surface area contributed by atoms with E-state index in [4.69, 9.17) is 61.6 Å². The van der Waals surface area contributed by atoms with E-state index in [1.54, 1.807) is 78.2 Å². The maximum absolute atomic E-state index is 13.0. The van der Waals surface area contributed by atoms with Gasteiger partial charge < -0.3 is 70.5 Å². The van der Waals surface area contributed by atoms with E-state index in [-0.39, 0.29) is 25.3 Å². The summed E-state index contributed by atoms with van der Waals surface area (Å²) >= 11 is 0. The lowest BCUT2D eigenvalue weighted by Gasteiger charge is -2.46. The third kappa shape index (κ3) is 11.4. The molecule has 4 atom stereocenters. The third-order valence-electron chi connectivity index (χ3n) is 14.0. The second kappa shape index (κ2) is 23.9. The first-order valence-corrected chi connectivity index (χ1v) is 23.6. The van der Waals surface area contributed by atoms with Crippen LogP contribution >= 0.6 is 0 Å². The molecule has 0 N–H and O–H groups in total. The van der Waals surface area contributed by atoms with Gasteiger partial charge in [-0.3, -0.25) is 0 Å². The van der Waals surface area contributed by atoms with Gasteiger partial charge in [-0.1, -0.05) is 0 Å². The first kappa shape index (κ1) is 53.6. The van der Waals surface area contributed by atoms with Crippen molar-refractivity contribution < 1.29 is 80.1 Å². The molecule has 0 amide bonds. The maximum atomic E-state index is 13.0. The zero-order chi connectivity index (χ0) is 51.5. The fraction of sp³-hybridized carbons (Fsp3) is 0.481. The molecule has 4 unspecified atom stereocenters. The van der Waals surface area contributed by atoms with E-state index in [1.165, 1.54) is 0 Å². The van der Waals surface area contributed by atoms with Crippen LogP contribution in [0.5, 0.6) is 63.2 Å². The van der Waals surface area contributed by atoms with Gasteiger partial charge >= 0.3 is 11.9 Å². The van der Waals surface area contributed by atoms with Crippen molar-refractivity contribution in [2.24, 2.45) is 0 Å². The summed E-state index contributed by atoms with van der Waals surface area (Å²) in [5.41, 5.74) is 6.28. The number of fused-ring (bicyclic) bond motifs is 2. The number of likely N-dealkylation sites (N-methyl/N-ethyl adjacent to an activating group) is 2. The molecule has 0 saturated carbocycles. The van der Waals surface area contributed by atoms with Crippen molar-refractivity contribution in [2.75, 3.05) is 132 Å². The second-order valence-corrected chi connectivity index (χ2v) is 18.0. The van der Waals surface area contributed by atoms with Gasteiger partial charge in [0.1, 0.15) is 12.1 Å². The lowest BCUT2D eigenvalue weighted by Crippen LogP contribution is -2.52. The Labute approximate surface area is 418 Å². The minimum atomic E-state index is -0.633. The SMILES string of the molecule is COc1cc2c(cc1OC)C(c1cc(OC)c(OC)c(OC)c1)[N+](C)(CCCOC(=O)C=CC(=O)OCCC[N+]1(C)CCc3cc(OC)c(OC)c(OC)c3C1Cc1cc(OC)c(OC)c(OC)c1)CC2. The number of ether oxygens (including phenoxy) is 13. The second-order valence-electron chi connectivity index (χ2n) is 18.0. The number of benzene rings is 4. The number of quaternary nitrogens is 2. The summed E-state index contributed by atoms with van der Waals surface area (Å²) in [5, 5.41) is 0. The molecule has 0 spiro atoms. The number of rotatable bonds is 24. The molecule has 2 heterocycles. The standard InChI is InChI=1S/C54H72N2O15/c1-55(22-19-36-30-46(65-9)53(68-12)54(69-13)49(36)39(55)26-34-27-42(61-5)51(66-10)43(28-34)62-6)20-14-24-70-47(57)16-17-48(58)71-25-15-21-56(2)23-18-35-29-40(59-3)41(60-4)33-38(35)50(56)37-31-44(63-7)52(67-11)45(32-37)64-8/h16-17,27-33,39,50H,14-15,18-26H2,1-13H3/q+2. The Morgan fingerprint density at radius 1 is 0.493 bits per heavy atom. The number of hydrogen-bond acceptors (Lipinski definition) is 15. The average molecular weight is 989 g/mol. The van der Waals surface area contributed by atoms with E-state index < -0.39 is 11.9 Å². The Hall–Kier alpha value is -6.72. The molecule has 0 fully saturated rings. The van der Waals surface area contributed by atoms with Gasteiger partial charge in [0.05, 0.1) is 137 Å². The number of carbonyl (C=O) groups is 2. The first-order chi connectivity index (χ1) is 34.2. The maximum Gasteiger partial charge on any atom is 0.331 e. The van der Waals surface area contributed by atoms with E-state index in [2.05, 4.69) is 14.1 Å². The summed E-state index contributed by atoms with van der Waals surface area (Å²) < 4.78 is 75.7. The van der Waals surface area contributed by atoms with Crippen molar-refractivity contribution >= 4 is 11.9 Å². The van der Waals surface area contributed by atoms with Gasteiger partial charge in [-0.05, 0) is 59.2 Å². The van der Waals surface area contributed by atoms with Crippen LogP contribution in [0, 0.1) is 0 Å². The number of carbonyl (C=O) groups excluding carboxylic acids is 2. The Morgan fingerprint density at radius 3 is 1.41 bits per heavy atom. The molecule has 2 aliphatic rings. The summed E-state index contributed by atoms with van der Waals surface area (Å²) in [4.78, 5) is 25.9. The van der Waals surface area contributed by atoms with Crippen molar-refractivity contribution in [3.63, 3.8) is 0 Å². The molecule has 17 nitrogen and oxygen atoms in total. The molecule has 2 aliphatic heterocycles. The van der Waals surface area contributed by atoms with Gasteiger partial charge in [0.25, 0.3) is 0 Å². The molecule has 0 aromatic heterocycles. The van der Waals surface area contributed by atoms with Crippen molar-refractivity contribution in [3.05, 3.63) is 88.0 Å². The largest absolute Gasteiger partial charge is 0.493 e. The Morgan fingerprint density at radius 2 is 0.915 bits per heavy atom. The normalized spacial score (nSPS) is 19.1. The Kier molecular flexibility index (Phi) is 18.1. The highest BCUT2D eigenvalue weighted by Gasteiger charge is 2.44. The molecule has 4 aromatic carbocycles. The number of hydrogen-bond donors (Lipinski definition) is 0. The van der Waals surface area contributed by atoms with Crippen LogP contribution in [-0.4, -0.2) is 153 Å². The van der Waals surface area contributed by atoms with Gasteiger partial charge in [0.15, 0.2) is 46.0 Å². The molecule has 17 heteroatoms. The van der Waals surface area contributed by atoms with Crippen molar-refractivity contribution in [1.29, 1.82) is 0 Å². The highest BCUT2D eigenvalue weighted by molar-refractivity contribution is 5.91. The topological polar surface area (TPSA) is 154 Å². The number of nitrogens with zero attached hydrogens (tertiary/aromatic N) is 2. The van der Waals surface area contributed by atoms with Crippen LogP contribution in [-0.2, 0) is 38.3 Å². The molecule has 0 saturated heterocycles.